The molecule has 26 heavy (non-hydrogen) atoms. The Hall–Kier alpha value is -2.73. The molecule has 0 saturated carbocycles. The first-order chi connectivity index (χ1) is 12.4. The first-order valence-corrected chi connectivity index (χ1v) is 8.07. The van der Waals surface area contributed by atoms with E-state index in [1.807, 2.05) is 12.1 Å². The molecule has 0 saturated heterocycles. The highest BCUT2D eigenvalue weighted by Gasteiger charge is 2.30. The van der Waals surface area contributed by atoms with Gasteiger partial charge in [-0.1, -0.05) is 35.9 Å². The quantitative estimate of drug-likeness (QED) is 0.454. The minimum Gasteiger partial charge on any atom is -0.455 e. The number of furan rings is 1. The highest BCUT2D eigenvalue weighted by atomic mass is 35.5. The minimum atomic E-state index is -4.39. The van der Waals surface area contributed by atoms with Gasteiger partial charge in [0.15, 0.2) is 0 Å². The number of benzene rings is 2. The smallest absolute Gasteiger partial charge is 0.416 e. The topological polar surface area (TPSA) is 37.5 Å². The third-order valence-electron chi connectivity index (χ3n) is 3.58. The van der Waals surface area contributed by atoms with Gasteiger partial charge in [-0.05, 0) is 42.0 Å². The average Bonchev–Trinajstić information content (AvgIpc) is 3.09. The third kappa shape index (κ3) is 4.67. The van der Waals surface area contributed by atoms with Gasteiger partial charge in [0, 0.05) is 10.6 Å². The van der Waals surface area contributed by atoms with Crippen molar-refractivity contribution in [2.75, 3.05) is 0 Å². The van der Waals surface area contributed by atoms with E-state index in [0.29, 0.717) is 28.7 Å². The fraction of sp³-hybridized carbons (Fsp3) is 0.105. The average molecular weight is 379 g/mol. The van der Waals surface area contributed by atoms with E-state index in [1.54, 1.807) is 30.3 Å². The number of hydrogen-bond acceptors (Lipinski definition) is 3. The van der Waals surface area contributed by atoms with E-state index in [9.17, 15) is 13.2 Å². The van der Waals surface area contributed by atoms with Crippen LogP contribution in [0.25, 0.3) is 11.3 Å². The number of nitrogens with zero attached hydrogens (tertiary/aromatic N) is 1. The minimum absolute atomic E-state index is 0.343. The van der Waals surface area contributed by atoms with E-state index in [-0.39, 0.29) is 0 Å². The van der Waals surface area contributed by atoms with Gasteiger partial charge >= 0.3 is 6.18 Å². The van der Waals surface area contributed by atoms with Gasteiger partial charge in [-0.25, -0.2) is 0 Å². The number of nitrogens with one attached hydrogen (secondary N) is 1. The summed E-state index contributed by atoms with van der Waals surface area (Å²) in [4.78, 5) is 0. The van der Waals surface area contributed by atoms with Gasteiger partial charge in [0.05, 0.1) is 18.3 Å². The van der Waals surface area contributed by atoms with E-state index in [0.717, 1.165) is 17.7 Å². The summed E-state index contributed by atoms with van der Waals surface area (Å²) in [6, 6.07) is 15.6. The number of hydrogen-bond donors (Lipinski definition) is 1. The summed E-state index contributed by atoms with van der Waals surface area (Å²) < 4.78 is 43.9. The third-order valence-corrected chi connectivity index (χ3v) is 3.83. The molecule has 0 radical (unpaired) electrons. The van der Waals surface area contributed by atoms with Crippen molar-refractivity contribution >= 4 is 17.8 Å². The molecule has 3 rings (SSSR count). The van der Waals surface area contributed by atoms with Gasteiger partial charge in [0.1, 0.15) is 11.5 Å². The standard InChI is InChI=1S/C19H14ClF3N2O/c20-16-6-4-13(5-7-16)11-24-25-12-17-8-9-18(26-17)14-2-1-3-15(10-14)19(21,22)23/h1-10,12,24H,11H2/b25-12-. The SMILES string of the molecule is FC(F)(F)c1cccc(-c2ccc(/C=N\NCc3ccc(Cl)cc3)o2)c1. The Morgan fingerprint density at radius 3 is 2.54 bits per heavy atom. The Balaban J connectivity index is 1.63. The Labute approximate surface area is 153 Å². The molecule has 0 bridgehead atoms. The largest absolute Gasteiger partial charge is 0.455 e. The second-order valence-corrected chi connectivity index (χ2v) is 5.94. The Kier molecular flexibility index (Phi) is 5.32. The first kappa shape index (κ1) is 18.1. The van der Waals surface area contributed by atoms with Gasteiger partial charge in [-0.3, -0.25) is 0 Å². The molecule has 2 aromatic carbocycles. The summed E-state index contributed by atoms with van der Waals surface area (Å²) in [5.74, 6) is 0.774. The van der Waals surface area contributed by atoms with Crippen LogP contribution < -0.4 is 5.43 Å². The maximum absolute atomic E-state index is 12.8. The van der Waals surface area contributed by atoms with E-state index in [2.05, 4.69) is 10.5 Å². The van der Waals surface area contributed by atoms with Crippen LogP contribution in [-0.4, -0.2) is 6.21 Å². The first-order valence-electron chi connectivity index (χ1n) is 7.70. The van der Waals surface area contributed by atoms with Crippen LogP contribution >= 0.6 is 11.6 Å². The molecule has 0 aliphatic carbocycles. The molecule has 0 fully saturated rings. The zero-order valence-electron chi connectivity index (χ0n) is 13.4. The predicted octanol–water partition coefficient (Wildman–Crippen LogP) is 5.74. The normalized spacial score (nSPS) is 11.8. The zero-order chi connectivity index (χ0) is 18.6. The molecule has 0 aliphatic heterocycles. The summed E-state index contributed by atoms with van der Waals surface area (Å²) in [6.45, 7) is 0.509. The summed E-state index contributed by atoms with van der Waals surface area (Å²) in [7, 11) is 0. The lowest BCUT2D eigenvalue weighted by Crippen LogP contribution is -2.05. The van der Waals surface area contributed by atoms with E-state index < -0.39 is 11.7 Å². The lowest BCUT2D eigenvalue weighted by Gasteiger charge is -2.07. The molecule has 0 atom stereocenters. The van der Waals surface area contributed by atoms with Crippen LogP contribution in [0.15, 0.2) is 70.2 Å². The lowest BCUT2D eigenvalue weighted by atomic mass is 10.1. The molecular weight excluding hydrogens is 365 g/mol. The van der Waals surface area contributed by atoms with Crippen LogP contribution in [0, 0.1) is 0 Å². The van der Waals surface area contributed by atoms with Crippen molar-refractivity contribution in [3.8, 4) is 11.3 Å². The molecule has 1 aromatic heterocycles. The molecule has 134 valence electrons. The number of halogens is 4. The van der Waals surface area contributed by atoms with Crippen LogP contribution in [0.5, 0.6) is 0 Å². The molecule has 0 aliphatic rings. The van der Waals surface area contributed by atoms with Crippen molar-refractivity contribution in [1.82, 2.24) is 5.43 Å². The summed E-state index contributed by atoms with van der Waals surface area (Å²) in [5.41, 5.74) is 3.51. The van der Waals surface area contributed by atoms with Crippen LogP contribution in [0.2, 0.25) is 5.02 Å². The van der Waals surface area contributed by atoms with Crippen molar-refractivity contribution in [2.45, 2.75) is 12.7 Å². The van der Waals surface area contributed by atoms with Crippen molar-refractivity contribution in [2.24, 2.45) is 5.10 Å². The van der Waals surface area contributed by atoms with Crippen molar-refractivity contribution < 1.29 is 17.6 Å². The molecule has 3 aromatic rings. The van der Waals surface area contributed by atoms with Crippen LogP contribution in [0.1, 0.15) is 16.9 Å². The fourth-order valence-electron chi connectivity index (χ4n) is 2.27. The number of hydrazone groups is 1. The van der Waals surface area contributed by atoms with Gasteiger partial charge < -0.3 is 9.84 Å². The molecule has 7 heteroatoms. The van der Waals surface area contributed by atoms with Crippen molar-refractivity contribution in [3.63, 3.8) is 0 Å². The predicted molar refractivity (Wildman–Crippen MR) is 95.0 cm³/mol. The van der Waals surface area contributed by atoms with E-state index in [1.165, 1.54) is 12.3 Å². The second kappa shape index (κ2) is 7.66. The van der Waals surface area contributed by atoms with Crippen molar-refractivity contribution in [3.05, 3.63) is 82.6 Å². The molecule has 1 heterocycles. The number of alkyl halides is 3. The molecule has 0 unspecified atom stereocenters. The fourth-order valence-corrected chi connectivity index (χ4v) is 2.40. The van der Waals surface area contributed by atoms with E-state index in [4.69, 9.17) is 16.0 Å². The maximum Gasteiger partial charge on any atom is 0.416 e. The Morgan fingerprint density at radius 1 is 1.04 bits per heavy atom. The zero-order valence-corrected chi connectivity index (χ0v) is 14.2. The lowest BCUT2D eigenvalue weighted by molar-refractivity contribution is -0.137. The highest BCUT2D eigenvalue weighted by Crippen LogP contribution is 2.32. The number of rotatable bonds is 5. The van der Waals surface area contributed by atoms with E-state index >= 15 is 0 Å². The second-order valence-electron chi connectivity index (χ2n) is 5.50. The summed E-state index contributed by atoms with van der Waals surface area (Å²) >= 11 is 5.82. The summed E-state index contributed by atoms with van der Waals surface area (Å²) in [5, 5.41) is 4.70. The molecule has 1 N–H and O–H groups in total. The summed E-state index contributed by atoms with van der Waals surface area (Å²) in [6.07, 6.45) is -2.93. The van der Waals surface area contributed by atoms with Gasteiger partial charge in [0.25, 0.3) is 0 Å². The van der Waals surface area contributed by atoms with Crippen LogP contribution in [-0.2, 0) is 12.7 Å². The maximum atomic E-state index is 12.8. The molecule has 3 nitrogen and oxygen atoms in total. The molecular formula is C19H14ClF3N2O. The molecule has 0 spiro atoms. The van der Waals surface area contributed by atoms with Crippen molar-refractivity contribution in [1.29, 1.82) is 0 Å². The van der Waals surface area contributed by atoms with Gasteiger partial charge in [-0.15, -0.1) is 0 Å². The molecule has 0 amide bonds. The highest BCUT2D eigenvalue weighted by molar-refractivity contribution is 6.30. The van der Waals surface area contributed by atoms with Gasteiger partial charge in [0.2, 0.25) is 0 Å². The van der Waals surface area contributed by atoms with Crippen LogP contribution in [0.3, 0.4) is 0 Å². The Morgan fingerprint density at radius 2 is 1.81 bits per heavy atom. The van der Waals surface area contributed by atoms with Gasteiger partial charge in [-0.2, -0.15) is 18.3 Å². The monoisotopic (exact) mass is 378 g/mol. The van der Waals surface area contributed by atoms with Crippen LogP contribution in [0.4, 0.5) is 13.2 Å². The Bertz CT molecular complexity index is 902.